The van der Waals surface area contributed by atoms with Crippen LogP contribution in [-0.4, -0.2) is 25.8 Å². The lowest BCUT2D eigenvalue weighted by Gasteiger charge is -2.26. The Hall–Kier alpha value is -0.380. The van der Waals surface area contributed by atoms with E-state index in [1.807, 2.05) is 7.05 Å². The Balaban J connectivity index is 1.95. The van der Waals surface area contributed by atoms with Crippen LogP contribution in [0.1, 0.15) is 25.3 Å². The molecule has 16 heavy (non-hydrogen) atoms. The van der Waals surface area contributed by atoms with Gasteiger partial charge in [0.25, 0.3) is 0 Å². The number of hydrogen-bond donors (Lipinski definition) is 1. The van der Waals surface area contributed by atoms with E-state index in [0.29, 0.717) is 12.1 Å². The number of nitrogens with one attached hydrogen (secondary N) is 1. The molecule has 1 saturated carbocycles. The Bertz CT molecular complexity index is 295. The Morgan fingerprint density at radius 1 is 1.56 bits per heavy atom. The third-order valence-electron chi connectivity index (χ3n) is 3.25. The number of rotatable bonds is 7. The van der Waals surface area contributed by atoms with Gasteiger partial charge in [0, 0.05) is 12.6 Å². The van der Waals surface area contributed by atoms with Crippen molar-refractivity contribution in [3.05, 3.63) is 22.4 Å². The molecule has 90 valence electrons. The van der Waals surface area contributed by atoms with Gasteiger partial charge in [0.2, 0.25) is 0 Å². The summed E-state index contributed by atoms with van der Waals surface area (Å²) in [7, 11) is 2.05. The third kappa shape index (κ3) is 3.06. The van der Waals surface area contributed by atoms with Crippen LogP contribution in [0.15, 0.2) is 16.8 Å². The van der Waals surface area contributed by atoms with Crippen LogP contribution >= 0.6 is 11.3 Å². The minimum Gasteiger partial charge on any atom is -0.377 e. The molecule has 0 saturated heterocycles. The number of hydrogen-bond acceptors (Lipinski definition) is 3. The van der Waals surface area contributed by atoms with Gasteiger partial charge in [0.1, 0.15) is 0 Å². The first kappa shape index (κ1) is 12.1. The number of thiophene rings is 1. The molecule has 1 aliphatic carbocycles. The first-order valence-electron chi connectivity index (χ1n) is 6.15. The molecular weight excluding hydrogens is 218 g/mol. The maximum atomic E-state index is 5.91. The second kappa shape index (κ2) is 5.80. The Morgan fingerprint density at radius 3 is 2.88 bits per heavy atom. The molecule has 2 rings (SSSR count). The molecule has 1 N–H and O–H groups in total. The summed E-state index contributed by atoms with van der Waals surface area (Å²) in [6.45, 7) is 2.91. The molecule has 3 heteroatoms. The fraction of sp³-hybridized carbons (Fsp3) is 0.692. The van der Waals surface area contributed by atoms with E-state index in [0.717, 1.165) is 18.9 Å². The number of ether oxygens (including phenoxy) is 1. The van der Waals surface area contributed by atoms with Gasteiger partial charge in [-0.15, -0.1) is 0 Å². The highest BCUT2D eigenvalue weighted by Gasteiger charge is 2.36. The second-order valence-electron chi connectivity index (χ2n) is 4.49. The molecule has 0 bridgehead atoms. The summed E-state index contributed by atoms with van der Waals surface area (Å²) in [5.74, 6) is 0.788. The minimum atomic E-state index is 0.398. The summed E-state index contributed by atoms with van der Waals surface area (Å²) in [5.41, 5.74) is 1.43. The average molecular weight is 239 g/mol. The third-order valence-corrected chi connectivity index (χ3v) is 3.98. The maximum absolute atomic E-state index is 5.91. The molecule has 1 heterocycles. The van der Waals surface area contributed by atoms with Crippen molar-refractivity contribution in [1.29, 1.82) is 0 Å². The quantitative estimate of drug-likeness (QED) is 0.790. The highest BCUT2D eigenvalue weighted by molar-refractivity contribution is 7.07. The first-order valence-corrected chi connectivity index (χ1v) is 7.09. The van der Waals surface area contributed by atoms with Crippen molar-refractivity contribution in [1.82, 2.24) is 5.32 Å². The highest BCUT2D eigenvalue weighted by atomic mass is 32.1. The van der Waals surface area contributed by atoms with Crippen LogP contribution in [0, 0.1) is 5.92 Å². The van der Waals surface area contributed by atoms with Gasteiger partial charge < -0.3 is 10.1 Å². The summed E-state index contributed by atoms with van der Waals surface area (Å²) in [6, 6.07) is 2.67. The lowest BCUT2D eigenvalue weighted by Crippen LogP contribution is -2.42. The molecule has 0 radical (unpaired) electrons. The topological polar surface area (TPSA) is 21.3 Å². The van der Waals surface area contributed by atoms with Crippen LogP contribution in [0.3, 0.4) is 0 Å². The summed E-state index contributed by atoms with van der Waals surface area (Å²) in [5, 5.41) is 7.81. The second-order valence-corrected chi connectivity index (χ2v) is 5.27. The van der Waals surface area contributed by atoms with Gasteiger partial charge in [-0.05, 0) is 61.5 Å². The largest absolute Gasteiger partial charge is 0.377 e. The molecule has 1 aromatic rings. The van der Waals surface area contributed by atoms with Crippen molar-refractivity contribution >= 4 is 11.3 Å². The fourth-order valence-corrected chi connectivity index (χ4v) is 2.92. The van der Waals surface area contributed by atoms with Crippen LogP contribution in [0.5, 0.6) is 0 Å². The van der Waals surface area contributed by atoms with Crippen molar-refractivity contribution in [3.63, 3.8) is 0 Å². The lowest BCUT2D eigenvalue weighted by molar-refractivity contribution is 0.0211. The zero-order chi connectivity index (χ0) is 11.4. The smallest absolute Gasteiger partial charge is 0.0759 e. The highest BCUT2D eigenvalue weighted by Crippen LogP contribution is 2.36. The van der Waals surface area contributed by atoms with Crippen LogP contribution in [0.25, 0.3) is 0 Å². The number of likely N-dealkylation sites (N-methyl/N-ethyl adjacent to an activating group) is 1. The van der Waals surface area contributed by atoms with Crippen molar-refractivity contribution in [2.45, 2.75) is 38.3 Å². The van der Waals surface area contributed by atoms with Crippen molar-refractivity contribution < 1.29 is 4.74 Å². The van der Waals surface area contributed by atoms with Gasteiger partial charge in [-0.1, -0.05) is 0 Å². The average Bonchev–Trinajstić information content (AvgIpc) is 3.01. The Morgan fingerprint density at radius 2 is 2.38 bits per heavy atom. The van der Waals surface area contributed by atoms with E-state index in [4.69, 9.17) is 4.74 Å². The molecule has 1 aliphatic rings. The monoisotopic (exact) mass is 239 g/mol. The van der Waals surface area contributed by atoms with E-state index >= 15 is 0 Å². The molecule has 2 nitrogen and oxygen atoms in total. The predicted octanol–water partition coefficient (Wildman–Crippen LogP) is 2.69. The molecule has 1 aromatic heterocycles. The van der Waals surface area contributed by atoms with Crippen LogP contribution in [0.4, 0.5) is 0 Å². The van der Waals surface area contributed by atoms with Gasteiger partial charge >= 0.3 is 0 Å². The first-order chi connectivity index (χ1) is 7.85. The summed E-state index contributed by atoms with van der Waals surface area (Å²) >= 11 is 1.77. The van der Waals surface area contributed by atoms with Crippen LogP contribution in [0.2, 0.25) is 0 Å². The van der Waals surface area contributed by atoms with Crippen LogP contribution in [-0.2, 0) is 11.2 Å². The van der Waals surface area contributed by atoms with Crippen LogP contribution < -0.4 is 5.32 Å². The maximum Gasteiger partial charge on any atom is 0.0759 e. The molecule has 1 fully saturated rings. The molecule has 0 amide bonds. The van der Waals surface area contributed by atoms with Crippen molar-refractivity contribution in [2.24, 2.45) is 5.92 Å². The standard InChI is InChI=1S/C13H21NOS/c1-3-15-13(11-4-5-11)12(14-2)8-10-6-7-16-9-10/h6-7,9,11-14H,3-5,8H2,1-2H3. The lowest BCUT2D eigenvalue weighted by atomic mass is 10.00. The predicted molar refractivity (Wildman–Crippen MR) is 69.0 cm³/mol. The van der Waals surface area contributed by atoms with Gasteiger partial charge in [-0.25, -0.2) is 0 Å². The summed E-state index contributed by atoms with van der Waals surface area (Å²) in [4.78, 5) is 0. The Labute approximate surface area is 102 Å². The normalized spacial score (nSPS) is 19.6. The summed E-state index contributed by atoms with van der Waals surface area (Å²) < 4.78 is 5.91. The molecular formula is C13H21NOS. The zero-order valence-electron chi connectivity index (χ0n) is 10.1. The van der Waals surface area contributed by atoms with Crippen molar-refractivity contribution in [2.75, 3.05) is 13.7 Å². The minimum absolute atomic E-state index is 0.398. The van der Waals surface area contributed by atoms with Gasteiger partial charge in [-0.3, -0.25) is 0 Å². The fourth-order valence-electron chi connectivity index (χ4n) is 2.24. The van der Waals surface area contributed by atoms with Crippen molar-refractivity contribution in [3.8, 4) is 0 Å². The molecule has 0 aliphatic heterocycles. The van der Waals surface area contributed by atoms with Gasteiger partial charge in [-0.2, -0.15) is 11.3 Å². The SMILES string of the molecule is CCOC(C1CC1)C(Cc1ccsc1)NC. The van der Waals surface area contributed by atoms with Gasteiger partial charge in [0.15, 0.2) is 0 Å². The van der Waals surface area contributed by atoms with E-state index in [2.05, 4.69) is 29.1 Å². The van der Waals surface area contributed by atoms with E-state index in [9.17, 15) is 0 Å². The van der Waals surface area contributed by atoms with E-state index < -0.39 is 0 Å². The molecule has 2 unspecified atom stereocenters. The van der Waals surface area contributed by atoms with E-state index in [1.54, 1.807) is 11.3 Å². The van der Waals surface area contributed by atoms with Gasteiger partial charge in [0.05, 0.1) is 6.10 Å². The molecule has 0 aromatic carbocycles. The molecule has 2 atom stereocenters. The summed E-state index contributed by atoms with van der Waals surface area (Å²) in [6.07, 6.45) is 4.16. The zero-order valence-corrected chi connectivity index (χ0v) is 10.9. The van der Waals surface area contributed by atoms with E-state index in [1.165, 1.54) is 18.4 Å². The Kier molecular flexibility index (Phi) is 4.38. The molecule has 0 spiro atoms. The van der Waals surface area contributed by atoms with E-state index in [-0.39, 0.29) is 0 Å².